The molecule has 1 N–H and O–H groups in total. The molecule has 0 amide bonds. The van der Waals surface area contributed by atoms with Crippen LogP contribution in [0.3, 0.4) is 0 Å². The molecule has 1 rings (SSSR count). The van der Waals surface area contributed by atoms with Gasteiger partial charge in [0, 0.05) is 0 Å². The average Bonchev–Trinajstić information content (AvgIpc) is 2.08. The molecule has 0 aromatic carbocycles. The fraction of sp³-hybridized carbons (Fsp3) is 0.556. The lowest BCUT2D eigenvalue weighted by Crippen LogP contribution is -2.20. The van der Waals surface area contributed by atoms with Gasteiger partial charge in [0.1, 0.15) is 5.60 Å². The van der Waals surface area contributed by atoms with Gasteiger partial charge in [0.2, 0.25) is 0 Å². The molecular formula is C9H15NO. The number of allylic oxidation sites excluding steroid dienone is 2. The second kappa shape index (κ2) is 2.70. The summed E-state index contributed by atoms with van der Waals surface area (Å²) in [4.78, 5) is 5.27. The van der Waals surface area contributed by atoms with Crippen molar-refractivity contribution in [1.29, 1.82) is 0 Å². The molecular weight excluding hydrogens is 138 g/mol. The van der Waals surface area contributed by atoms with Crippen LogP contribution >= 0.6 is 0 Å². The first-order valence-electron chi connectivity index (χ1n) is 3.81. The summed E-state index contributed by atoms with van der Waals surface area (Å²) in [5.74, 6) is 0. The lowest BCUT2D eigenvalue weighted by molar-refractivity contribution is -0.0141. The maximum Gasteiger partial charge on any atom is 0.111 e. The quantitative estimate of drug-likeness (QED) is 0.623. The molecule has 0 bridgehead atoms. The van der Waals surface area contributed by atoms with Crippen molar-refractivity contribution in [3.8, 4) is 0 Å². The highest BCUT2D eigenvalue weighted by Gasteiger charge is 2.22. The van der Waals surface area contributed by atoms with Crippen molar-refractivity contribution in [2.45, 2.75) is 33.3 Å². The molecule has 1 heterocycles. The van der Waals surface area contributed by atoms with Crippen LogP contribution in [-0.4, -0.2) is 5.60 Å². The Bertz CT molecular complexity index is 210. The third kappa shape index (κ3) is 2.39. The van der Waals surface area contributed by atoms with Gasteiger partial charge in [-0.15, -0.1) is 0 Å². The van der Waals surface area contributed by atoms with Gasteiger partial charge in [-0.05, 0) is 39.8 Å². The molecule has 11 heavy (non-hydrogen) atoms. The second-order valence-electron chi connectivity index (χ2n) is 3.63. The average molecular weight is 153 g/mol. The van der Waals surface area contributed by atoms with Crippen molar-refractivity contribution in [3.63, 3.8) is 0 Å². The molecule has 0 aromatic rings. The van der Waals surface area contributed by atoms with Crippen LogP contribution in [0.5, 0.6) is 0 Å². The van der Waals surface area contributed by atoms with E-state index in [0.29, 0.717) is 0 Å². The minimum atomic E-state index is -0.165. The predicted molar refractivity (Wildman–Crippen MR) is 45.8 cm³/mol. The maximum absolute atomic E-state index is 5.27. The molecule has 0 unspecified atom stereocenters. The van der Waals surface area contributed by atoms with Gasteiger partial charge in [0.25, 0.3) is 0 Å². The first-order chi connectivity index (χ1) is 4.99. The van der Waals surface area contributed by atoms with Gasteiger partial charge in [-0.1, -0.05) is 5.57 Å². The Morgan fingerprint density at radius 3 is 2.55 bits per heavy atom. The molecule has 1 aliphatic heterocycles. The van der Waals surface area contributed by atoms with Crippen molar-refractivity contribution in [1.82, 2.24) is 5.48 Å². The van der Waals surface area contributed by atoms with Crippen molar-refractivity contribution in [3.05, 3.63) is 23.4 Å². The highest BCUT2D eigenvalue weighted by atomic mass is 16.7. The zero-order chi connectivity index (χ0) is 8.48. The van der Waals surface area contributed by atoms with Crippen molar-refractivity contribution < 1.29 is 4.84 Å². The highest BCUT2D eigenvalue weighted by molar-refractivity contribution is 5.24. The van der Waals surface area contributed by atoms with Crippen LogP contribution in [-0.2, 0) is 4.84 Å². The molecule has 62 valence electrons. The van der Waals surface area contributed by atoms with Crippen LogP contribution in [0.25, 0.3) is 0 Å². The van der Waals surface area contributed by atoms with Gasteiger partial charge >= 0.3 is 0 Å². The van der Waals surface area contributed by atoms with Crippen molar-refractivity contribution in [2.24, 2.45) is 0 Å². The Morgan fingerprint density at radius 2 is 2.18 bits per heavy atom. The summed E-state index contributed by atoms with van der Waals surface area (Å²) in [6.45, 7) is 8.17. The SMILES string of the molecule is CC(C)=CC1=CC(C)(C)ON1. The van der Waals surface area contributed by atoms with E-state index in [4.69, 9.17) is 4.84 Å². The number of hydrogen-bond donors (Lipinski definition) is 1. The van der Waals surface area contributed by atoms with E-state index in [1.165, 1.54) is 5.57 Å². The van der Waals surface area contributed by atoms with Gasteiger partial charge in [0.15, 0.2) is 0 Å². The molecule has 0 fully saturated rings. The van der Waals surface area contributed by atoms with E-state index >= 15 is 0 Å². The van der Waals surface area contributed by atoms with Gasteiger partial charge in [0.05, 0.1) is 5.70 Å². The Labute approximate surface area is 67.9 Å². The van der Waals surface area contributed by atoms with Crippen LogP contribution in [0.2, 0.25) is 0 Å². The number of hydroxylamine groups is 1. The van der Waals surface area contributed by atoms with E-state index in [-0.39, 0.29) is 5.60 Å². The van der Waals surface area contributed by atoms with Crippen LogP contribution in [0, 0.1) is 0 Å². The monoisotopic (exact) mass is 153 g/mol. The van der Waals surface area contributed by atoms with E-state index in [9.17, 15) is 0 Å². The lowest BCUT2D eigenvalue weighted by Gasteiger charge is -2.11. The first-order valence-corrected chi connectivity index (χ1v) is 3.81. The number of rotatable bonds is 1. The minimum Gasteiger partial charge on any atom is -0.266 e. The Kier molecular flexibility index (Phi) is 2.05. The summed E-state index contributed by atoms with van der Waals surface area (Å²) in [6, 6.07) is 0. The van der Waals surface area contributed by atoms with E-state index in [0.717, 1.165) is 5.70 Å². The summed E-state index contributed by atoms with van der Waals surface area (Å²) in [5, 5.41) is 0. The predicted octanol–water partition coefficient (Wildman–Crippen LogP) is 2.15. The van der Waals surface area contributed by atoms with E-state index < -0.39 is 0 Å². The molecule has 0 saturated heterocycles. The number of nitrogens with one attached hydrogen (secondary N) is 1. The third-order valence-corrected chi connectivity index (χ3v) is 1.38. The van der Waals surface area contributed by atoms with Gasteiger partial charge in [-0.3, -0.25) is 10.3 Å². The zero-order valence-corrected chi connectivity index (χ0v) is 7.56. The van der Waals surface area contributed by atoms with E-state index in [1.54, 1.807) is 0 Å². The smallest absolute Gasteiger partial charge is 0.111 e. The molecule has 2 nitrogen and oxygen atoms in total. The fourth-order valence-electron chi connectivity index (χ4n) is 1.01. The Balaban J connectivity index is 2.71. The molecule has 2 heteroatoms. The standard InChI is InChI=1S/C9H15NO/c1-7(2)5-8-6-9(3,4)11-10-8/h5-6,10H,1-4H3. The normalized spacial score (nSPS) is 20.5. The fourth-order valence-corrected chi connectivity index (χ4v) is 1.01. The van der Waals surface area contributed by atoms with Crippen LogP contribution < -0.4 is 5.48 Å². The molecule has 0 aromatic heterocycles. The van der Waals surface area contributed by atoms with Crippen LogP contribution in [0.15, 0.2) is 23.4 Å². The zero-order valence-electron chi connectivity index (χ0n) is 7.56. The molecule has 0 spiro atoms. The first kappa shape index (κ1) is 8.34. The van der Waals surface area contributed by atoms with E-state index in [1.807, 2.05) is 13.8 Å². The third-order valence-electron chi connectivity index (χ3n) is 1.38. The highest BCUT2D eigenvalue weighted by Crippen LogP contribution is 2.19. The Morgan fingerprint density at radius 1 is 1.55 bits per heavy atom. The number of hydrogen-bond acceptors (Lipinski definition) is 2. The molecule has 1 aliphatic rings. The van der Waals surface area contributed by atoms with Gasteiger partial charge < -0.3 is 0 Å². The maximum atomic E-state index is 5.27. The summed E-state index contributed by atoms with van der Waals surface area (Å²) in [6.07, 6.45) is 4.13. The van der Waals surface area contributed by atoms with Crippen LogP contribution in [0.1, 0.15) is 27.7 Å². The molecule has 0 atom stereocenters. The van der Waals surface area contributed by atoms with Gasteiger partial charge in [-0.25, -0.2) is 0 Å². The van der Waals surface area contributed by atoms with E-state index in [2.05, 4.69) is 31.5 Å². The Hall–Kier alpha value is -0.760. The van der Waals surface area contributed by atoms with Crippen LogP contribution in [0.4, 0.5) is 0 Å². The summed E-state index contributed by atoms with van der Waals surface area (Å²) in [7, 11) is 0. The second-order valence-corrected chi connectivity index (χ2v) is 3.63. The molecule has 0 aliphatic carbocycles. The van der Waals surface area contributed by atoms with Crippen molar-refractivity contribution >= 4 is 0 Å². The topological polar surface area (TPSA) is 21.3 Å². The summed E-state index contributed by atoms with van der Waals surface area (Å²) < 4.78 is 0. The lowest BCUT2D eigenvalue weighted by atomic mass is 10.1. The summed E-state index contributed by atoms with van der Waals surface area (Å²) in [5.41, 5.74) is 5.02. The summed E-state index contributed by atoms with van der Waals surface area (Å²) >= 11 is 0. The largest absolute Gasteiger partial charge is 0.266 e. The molecule has 0 saturated carbocycles. The van der Waals surface area contributed by atoms with Crippen molar-refractivity contribution in [2.75, 3.05) is 0 Å². The van der Waals surface area contributed by atoms with Gasteiger partial charge in [-0.2, -0.15) is 0 Å². The molecule has 0 radical (unpaired) electrons. The minimum absolute atomic E-state index is 0.165.